The Morgan fingerprint density at radius 1 is 1.31 bits per heavy atom. The number of hydrogen-bond donors (Lipinski definition) is 2. The lowest BCUT2D eigenvalue weighted by atomic mass is 10.2. The van der Waals surface area contributed by atoms with Crippen LogP contribution in [0.25, 0.3) is 0 Å². The molecule has 0 aromatic carbocycles. The zero-order valence-corrected chi connectivity index (χ0v) is 8.93. The van der Waals surface area contributed by atoms with E-state index in [1.807, 2.05) is 36.3 Å². The first kappa shape index (κ1) is 10.5. The third-order valence-electron chi connectivity index (χ3n) is 2.47. The van der Waals surface area contributed by atoms with Gasteiger partial charge in [-0.1, -0.05) is 12.2 Å². The van der Waals surface area contributed by atoms with E-state index in [2.05, 4.69) is 9.97 Å². The fourth-order valence-corrected chi connectivity index (χ4v) is 1.63. The molecule has 1 atom stereocenters. The Hall–Kier alpha value is -2.04. The summed E-state index contributed by atoms with van der Waals surface area (Å²) in [5.41, 5.74) is -0.227. The summed E-state index contributed by atoms with van der Waals surface area (Å²) in [5.74, 6) is 0. The number of allylic oxidation sites excluding steroid dienone is 2. The average Bonchev–Trinajstić information content (AvgIpc) is 2.20. The molecule has 0 saturated heterocycles. The van der Waals surface area contributed by atoms with Gasteiger partial charge in [-0.3, -0.25) is 9.78 Å². The predicted octanol–water partition coefficient (Wildman–Crippen LogP) is 0.337. The van der Waals surface area contributed by atoms with E-state index in [9.17, 15) is 9.59 Å². The third kappa shape index (κ3) is 2.31. The van der Waals surface area contributed by atoms with Crippen molar-refractivity contribution in [3.63, 3.8) is 0 Å². The van der Waals surface area contributed by atoms with Gasteiger partial charge < -0.3 is 9.88 Å². The minimum absolute atomic E-state index is 0.257. The molecular formula is C11H13N3O2. The number of rotatable bonds is 2. The lowest BCUT2D eigenvalue weighted by Gasteiger charge is -2.27. The smallest absolute Gasteiger partial charge is 0.325 e. The van der Waals surface area contributed by atoms with Crippen molar-refractivity contribution in [3.8, 4) is 0 Å². The second kappa shape index (κ2) is 4.22. The Morgan fingerprint density at radius 2 is 2.12 bits per heavy atom. The number of hydrogen-bond acceptors (Lipinski definition) is 3. The van der Waals surface area contributed by atoms with Crippen LogP contribution in [0.5, 0.6) is 0 Å². The molecular weight excluding hydrogens is 206 g/mol. The maximum absolute atomic E-state index is 11.1. The van der Waals surface area contributed by atoms with Gasteiger partial charge in [-0.2, -0.15) is 0 Å². The van der Waals surface area contributed by atoms with Crippen LogP contribution in [0.3, 0.4) is 0 Å². The Bertz CT molecular complexity index is 510. The molecule has 1 aromatic rings. The van der Waals surface area contributed by atoms with Crippen LogP contribution in [0.15, 0.2) is 40.1 Å². The second-order valence-electron chi connectivity index (χ2n) is 3.75. The molecule has 2 N–H and O–H groups in total. The molecule has 0 spiro atoms. The molecule has 2 rings (SSSR count). The molecule has 5 heteroatoms. The molecule has 1 aliphatic heterocycles. The Balaban J connectivity index is 2.21. The van der Waals surface area contributed by atoms with Crippen molar-refractivity contribution in [1.82, 2.24) is 14.9 Å². The maximum atomic E-state index is 11.1. The molecule has 0 saturated carbocycles. The topological polar surface area (TPSA) is 69.0 Å². The third-order valence-corrected chi connectivity index (χ3v) is 2.47. The summed E-state index contributed by atoms with van der Waals surface area (Å²) in [4.78, 5) is 29.0. The summed E-state index contributed by atoms with van der Waals surface area (Å²) in [6, 6.07) is 1.66. The monoisotopic (exact) mass is 219 g/mol. The zero-order chi connectivity index (χ0) is 11.5. The van der Waals surface area contributed by atoms with Gasteiger partial charge in [0.1, 0.15) is 0 Å². The van der Waals surface area contributed by atoms with E-state index in [0.717, 1.165) is 0 Å². The van der Waals surface area contributed by atoms with E-state index in [1.165, 1.54) is 6.07 Å². The van der Waals surface area contributed by atoms with Gasteiger partial charge in [0.25, 0.3) is 5.56 Å². The average molecular weight is 219 g/mol. The summed E-state index contributed by atoms with van der Waals surface area (Å²) in [7, 11) is 0. The molecule has 1 aromatic heterocycles. The highest BCUT2D eigenvalue weighted by Crippen LogP contribution is 2.10. The lowest BCUT2D eigenvalue weighted by Crippen LogP contribution is -2.30. The lowest BCUT2D eigenvalue weighted by molar-refractivity contribution is 0.320. The fourth-order valence-electron chi connectivity index (χ4n) is 1.63. The molecule has 16 heavy (non-hydrogen) atoms. The number of H-pyrrole nitrogens is 2. The van der Waals surface area contributed by atoms with Crippen molar-refractivity contribution >= 4 is 0 Å². The van der Waals surface area contributed by atoms with Crippen molar-refractivity contribution in [3.05, 3.63) is 57.0 Å². The first-order valence-corrected chi connectivity index (χ1v) is 5.08. The predicted molar refractivity (Wildman–Crippen MR) is 61.0 cm³/mol. The zero-order valence-electron chi connectivity index (χ0n) is 8.93. The van der Waals surface area contributed by atoms with Crippen LogP contribution >= 0.6 is 0 Å². The highest BCUT2D eigenvalue weighted by molar-refractivity contribution is 5.13. The van der Waals surface area contributed by atoms with Gasteiger partial charge in [0.2, 0.25) is 0 Å². The van der Waals surface area contributed by atoms with Crippen molar-refractivity contribution in [2.75, 3.05) is 0 Å². The van der Waals surface area contributed by atoms with Crippen molar-refractivity contribution in [2.45, 2.75) is 19.5 Å². The molecule has 0 radical (unpaired) electrons. The van der Waals surface area contributed by atoms with Gasteiger partial charge >= 0.3 is 5.69 Å². The summed E-state index contributed by atoms with van der Waals surface area (Å²) < 4.78 is 0. The van der Waals surface area contributed by atoms with Crippen molar-refractivity contribution in [2.24, 2.45) is 0 Å². The molecule has 0 aliphatic carbocycles. The van der Waals surface area contributed by atoms with Gasteiger partial charge in [0, 0.05) is 24.0 Å². The molecule has 84 valence electrons. The van der Waals surface area contributed by atoms with Crippen LogP contribution in [0.4, 0.5) is 0 Å². The highest BCUT2D eigenvalue weighted by Gasteiger charge is 2.10. The Labute approximate surface area is 92.1 Å². The van der Waals surface area contributed by atoms with Gasteiger partial charge in [0.15, 0.2) is 0 Å². The molecule has 1 aliphatic rings. The summed E-state index contributed by atoms with van der Waals surface area (Å²) in [6.07, 6.45) is 7.88. The van der Waals surface area contributed by atoms with Crippen LogP contribution in [-0.4, -0.2) is 20.9 Å². The molecule has 2 heterocycles. The van der Waals surface area contributed by atoms with E-state index in [1.54, 1.807) is 0 Å². The molecule has 5 nitrogen and oxygen atoms in total. The summed E-state index contributed by atoms with van der Waals surface area (Å²) >= 11 is 0. The van der Waals surface area contributed by atoms with Crippen LogP contribution in [0, 0.1) is 0 Å². The Kier molecular flexibility index (Phi) is 2.76. The Morgan fingerprint density at radius 3 is 2.81 bits per heavy atom. The van der Waals surface area contributed by atoms with E-state index >= 15 is 0 Å². The molecule has 0 bridgehead atoms. The highest BCUT2D eigenvalue weighted by atomic mass is 16.2. The normalized spacial score (nSPS) is 19.1. The number of nitrogens with zero attached hydrogens (tertiary/aromatic N) is 1. The SMILES string of the molecule is CC1C=CC=CN1Cc1cc(=O)[nH]c(=O)[nH]1. The van der Waals surface area contributed by atoms with Crippen molar-refractivity contribution in [1.29, 1.82) is 0 Å². The van der Waals surface area contributed by atoms with Crippen LogP contribution < -0.4 is 11.2 Å². The van der Waals surface area contributed by atoms with Gasteiger partial charge in [-0.15, -0.1) is 0 Å². The number of nitrogens with one attached hydrogen (secondary N) is 2. The fraction of sp³-hybridized carbons (Fsp3) is 0.273. The summed E-state index contributed by atoms with van der Waals surface area (Å²) in [5, 5.41) is 0. The van der Waals surface area contributed by atoms with Crippen LogP contribution in [0.2, 0.25) is 0 Å². The number of aromatic amines is 2. The quantitative estimate of drug-likeness (QED) is 0.753. The summed E-state index contributed by atoms with van der Waals surface area (Å²) in [6.45, 7) is 2.56. The minimum atomic E-state index is -0.466. The minimum Gasteiger partial charge on any atom is -0.366 e. The molecule has 0 amide bonds. The molecule has 0 fully saturated rings. The van der Waals surface area contributed by atoms with Gasteiger partial charge in [0.05, 0.1) is 6.54 Å². The molecule has 1 unspecified atom stereocenters. The van der Waals surface area contributed by atoms with E-state index < -0.39 is 5.69 Å². The van der Waals surface area contributed by atoms with E-state index in [0.29, 0.717) is 12.2 Å². The maximum Gasteiger partial charge on any atom is 0.325 e. The second-order valence-corrected chi connectivity index (χ2v) is 3.75. The van der Waals surface area contributed by atoms with E-state index in [-0.39, 0.29) is 11.6 Å². The van der Waals surface area contributed by atoms with Gasteiger partial charge in [-0.25, -0.2) is 4.79 Å². The van der Waals surface area contributed by atoms with Crippen molar-refractivity contribution < 1.29 is 0 Å². The van der Waals surface area contributed by atoms with Gasteiger partial charge in [-0.05, 0) is 13.0 Å². The van der Waals surface area contributed by atoms with Crippen LogP contribution in [-0.2, 0) is 6.54 Å². The van der Waals surface area contributed by atoms with Crippen LogP contribution in [0.1, 0.15) is 12.6 Å². The van der Waals surface area contributed by atoms with E-state index in [4.69, 9.17) is 0 Å². The largest absolute Gasteiger partial charge is 0.366 e. The number of aromatic nitrogens is 2. The first-order chi connectivity index (χ1) is 7.65. The standard InChI is InChI=1S/C11H13N3O2/c1-8-4-2-3-5-14(8)7-9-6-10(15)13-11(16)12-9/h2-6,8H,7H2,1H3,(H2,12,13,15,16). The first-order valence-electron chi connectivity index (χ1n) is 5.08.